The summed E-state index contributed by atoms with van der Waals surface area (Å²) in [6, 6.07) is 7.52. The van der Waals surface area contributed by atoms with E-state index in [1.54, 1.807) is 26.0 Å². The van der Waals surface area contributed by atoms with Gasteiger partial charge in [-0.05, 0) is 31.1 Å². The molecule has 1 aromatic heterocycles. The molecular formula is C18H20Cl2N2O2. The van der Waals surface area contributed by atoms with Crippen LogP contribution in [0.5, 0.6) is 0 Å². The molecule has 1 aliphatic rings. The van der Waals surface area contributed by atoms with Crippen LogP contribution in [0.3, 0.4) is 0 Å². The highest BCUT2D eigenvalue weighted by molar-refractivity contribution is 6.24. The molecule has 0 aliphatic heterocycles. The topological polar surface area (TPSA) is 66.2 Å². The van der Waals surface area contributed by atoms with E-state index in [1.807, 2.05) is 24.3 Å². The lowest BCUT2D eigenvalue weighted by Crippen LogP contribution is -2.45. The number of hydrogen-bond acceptors (Lipinski definition) is 4. The van der Waals surface area contributed by atoms with Gasteiger partial charge in [0, 0.05) is 5.92 Å². The van der Waals surface area contributed by atoms with Crippen LogP contribution in [0.1, 0.15) is 44.0 Å². The largest absolute Gasteiger partial charge is 0.374 e. The van der Waals surface area contributed by atoms with E-state index in [-0.39, 0.29) is 6.42 Å². The predicted octanol–water partition coefficient (Wildman–Crippen LogP) is 4.03. The number of halogens is 2. The Morgan fingerprint density at radius 1 is 1.00 bits per heavy atom. The van der Waals surface area contributed by atoms with Crippen LogP contribution >= 0.6 is 23.2 Å². The molecule has 3 rings (SSSR count). The molecule has 1 aromatic carbocycles. The predicted molar refractivity (Wildman–Crippen MR) is 97.0 cm³/mol. The third-order valence-corrected chi connectivity index (χ3v) is 5.74. The standard InChI is InChI=1S/C18H20Cl2N2O2/c1-3-17(19,23)11-9-10-14-16(15(11)18(20,24)4-2)22-13-8-6-5-7-12(13)21-14/h5-11,15,23-24H,3-4H2,1-2H3. The van der Waals surface area contributed by atoms with Crippen molar-refractivity contribution in [3.05, 3.63) is 41.7 Å². The van der Waals surface area contributed by atoms with E-state index >= 15 is 0 Å². The van der Waals surface area contributed by atoms with Crippen LogP contribution in [0.4, 0.5) is 0 Å². The van der Waals surface area contributed by atoms with Crippen molar-refractivity contribution in [3.8, 4) is 0 Å². The second kappa shape index (κ2) is 6.26. The van der Waals surface area contributed by atoms with Gasteiger partial charge in [0.2, 0.25) is 0 Å². The molecule has 24 heavy (non-hydrogen) atoms. The molecule has 0 bridgehead atoms. The van der Waals surface area contributed by atoms with Gasteiger partial charge in [-0.1, -0.05) is 55.3 Å². The van der Waals surface area contributed by atoms with Crippen molar-refractivity contribution in [2.24, 2.45) is 5.92 Å². The molecule has 4 atom stereocenters. The van der Waals surface area contributed by atoms with Gasteiger partial charge in [-0.25, -0.2) is 9.97 Å². The maximum absolute atomic E-state index is 10.8. The lowest BCUT2D eigenvalue weighted by molar-refractivity contribution is 0.00834. The van der Waals surface area contributed by atoms with Gasteiger partial charge in [0.1, 0.15) is 10.1 Å². The van der Waals surface area contributed by atoms with E-state index in [1.165, 1.54) is 0 Å². The SMILES string of the molecule is CCC(O)(Cl)C1C=Cc2nc3ccccc3nc2C1C(O)(Cl)CC. The molecule has 0 spiro atoms. The summed E-state index contributed by atoms with van der Waals surface area (Å²) in [5.41, 5.74) is 2.69. The smallest absolute Gasteiger partial charge is 0.147 e. The number of aliphatic hydroxyl groups is 2. The molecule has 2 aromatic rings. The van der Waals surface area contributed by atoms with Gasteiger partial charge in [-0.2, -0.15) is 0 Å². The second-order valence-corrected chi connectivity index (χ2v) is 7.50. The molecule has 1 aliphatic carbocycles. The van der Waals surface area contributed by atoms with E-state index in [0.29, 0.717) is 23.3 Å². The van der Waals surface area contributed by atoms with Crippen molar-refractivity contribution in [2.75, 3.05) is 0 Å². The van der Waals surface area contributed by atoms with Gasteiger partial charge in [0.25, 0.3) is 0 Å². The fourth-order valence-corrected chi connectivity index (χ4v) is 3.64. The first-order valence-electron chi connectivity index (χ1n) is 8.07. The van der Waals surface area contributed by atoms with Gasteiger partial charge in [-0.15, -0.1) is 0 Å². The Balaban J connectivity index is 2.23. The maximum atomic E-state index is 10.8. The van der Waals surface area contributed by atoms with E-state index in [4.69, 9.17) is 23.2 Å². The van der Waals surface area contributed by atoms with Crippen LogP contribution in [-0.4, -0.2) is 30.3 Å². The summed E-state index contributed by atoms with van der Waals surface area (Å²) in [7, 11) is 0. The number of benzene rings is 1. The molecule has 0 saturated carbocycles. The third kappa shape index (κ3) is 2.93. The number of fused-ring (bicyclic) bond motifs is 2. The van der Waals surface area contributed by atoms with Crippen LogP contribution in [0, 0.1) is 5.92 Å². The first kappa shape index (κ1) is 17.6. The summed E-state index contributed by atoms with van der Waals surface area (Å²) in [4.78, 5) is 9.29. The first-order valence-corrected chi connectivity index (χ1v) is 8.83. The summed E-state index contributed by atoms with van der Waals surface area (Å²) >= 11 is 12.7. The molecule has 0 radical (unpaired) electrons. The average molecular weight is 367 g/mol. The summed E-state index contributed by atoms with van der Waals surface area (Å²) in [5.74, 6) is -1.24. The lowest BCUT2D eigenvalue weighted by Gasteiger charge is -2.41. The quantitative estimate of drug-likeness (QED) is 0.801. The number of aromatic nitrogens is 2. The van der Waals surface area contributed by atoms with Gasteiger partial charge < -0.3 is 10.2 Å². The maximum Gasteiger partial charge on any atom is 0.147 e. The van der Waals surface area contributed by atoms with Crippen LogP contribution in [-0.2, 0) is 0 Å². The monoisotopic (exact) mass is 366 g/mol. The number of hydrogen-bond donors (Lipinski definition) is 2. The Hall–Kier alpha value is -1.20. The molecule has 0 amide bonds. The van der Waals surface area contributed by atoms with Crippen molar-refractivity contribution in [1.29, 1.82) is 0 Å². The molecule has 1 heterocycles. The Morgan fingerprint density at radius 3 is 2.17 bits per heavy atom. The highest BCUT2D eigenvalue weighted by Gasteiger charge is 2.49. The van der Waals surface area contributed by atoms with E-state index in [2.05, 4.69) is 9.97 Å². The first-order chi connectivity index (χ1) is 11.3. The molecule has 0 saturated heterocycles. The molecule has 2 N–H and O–H groups in total. The average Bonchev–Trinajstić information content (AvgIpc) is 2.58. The molecular weight excluding hydrogens is 347 g/mol. The second-order valence-electron chi connectivity index (χ2n) is 6.19. The van der Waals surface area contributed by atoms with Crippen molar-refractivity contribution < 1.29 is 10.2 Å². The van der Waals surface area contributed by atoms with Crippen LogP contribution in [0.2, 0.25) is 0 Å². The molecule has 128 valence electrons. The van der Waals surface area contributed by atoms with E-state index in [9.17, 15) is 10.2 Å². The zero-order valence-corrected chi connectivity index (χ0v) is 15.1. The summed E-state index contributed by atoms with van der Waals surface area (Å²) < 4.78 is 0. The van der Waals surface area contributed by atoms with Crippen molar-refractivity contribution in [2.45, 2.75) is 42.7 Å². The number of nitrogens with zero attached hydrogens (tertiary/aromatic N) is 2. The highest BCUT2D eigenvalue weighted by atomic mass is 35.5. The minimum Gasteiger partial charge on any atom is -0.374 e. The molecule has 4 nitrogen and oxygen atoms in total. The molecule has 0 fully saturated rings. The van der Waals surface area contributed by atoms with E-state index < -0.39 is 22.0 Å². The zero-order chi connectivity index (χ0) is 17.5. The number of rotatable bonds is 4. The number of para-hydroxylation sites is 2. The van der Waals surface area contributed by atoms with Gasteiger partial charge in [0.05, 0.1) is 28.3 Å². The van der Waals surface area contributed by atoms with Crippen molar-refractivity contribution in [3.63, 3.8) is 0 Å². The van der Waals surface area contributed by atoms with Crippen LogP contribution in [0.25, 0.3) is 17.1 Å². The molecule has 4 unspecified atom stereocenters. The Morgan fingerprint density at radius 2 is 1.58 bits per heavy atom. The molecule has 6 heteroatoms. The third-order valence-electron chi connectivity index (χ3n) is 4.72. The van der Waals surface area contributed by atoms with Crippen LogP contribution in [0.15, 0.2) is 30.3 Å². The lowest BCUT2D eigenvalue weighted by atomic mass is 9.75. The van der Waals surface area contributed by atoms with Gasteiger partial charge in [-0.3, -0.25) is 0 Å². The summed E-state index contributed by atoms with van der Waals surface area (Å²) in [5, 5.41) is 18.3. The Kier molecular flexibility index (Phi) is 4.60. The zero-order valence-electron chi connectivity index (χ0n) is 13.6. The number of alkyl halides is 2. The minimum absolute atomic E-state index is 0.286. The highest BCUT2D eigenvalue weighted by Crippen LogP contribution is 2.49. The Labute approximate surface area is 151 Å². The fourth-order valence-electron chi connectivity index (χ4n) is 3.20. The normalized spacial score (nSPS) is 25.1. The van der Waals surface area contributed by atoms with E-state index in [0.717, 1.165) is 5.52 Å². The van der Waals surface area contributed by atoms with Crippen molar-refractivity contribution in [1.82, 2.24) is 9.97 Å². The van der Waals surface area contributed by atoms with Gasteiger partial charge in [0.15, 0.2) is 0 Å². The minimum atomic E-state index is -1.58. The summed E-state index contributed by atoms with van der Waals surface area (Å²) in [6.45, 7) is 3.58. The van der Waals surface area contributed by atoms with Crippen molar-refractivity contribution >= 4 is 40.3 Å². The summed E-state index contributed by atoms with van der Waals surface area (Å²) in [6.07, 6.45) is 4.17. The Bertz CT molecular complexity index is 790. The fraction of sp³-hybridized carbons (Fsp3) is 0.444. The van der Waals surface area contributed by atoms with Gasteiger partial charge >= 0.3 is 0 Å². The van der Waals surface area contributed by atoms with Crippen LogP contribution < -0.4 is 0 Å².